The minimum atomic E-state index is -0.213. The molecule has 10 heteroatoms. The number of hydrogen-bond acceptors (Lipinski definition) is 7. The molecule has 0 aromatic carbocycles. The Morgan fingerprint density at radius 3 is 2.83 bits per heavy atom. The zero-order valence-electron chi connectivity index (χ0n) is 15.9. The minimum Gasteiger partial charge on any atom is -0.370 e. The van der Waals surface area contributed by atoms with Crippen LogP contribution < -0.4 is 10.6 Å². The molecular formula is C19H21ClN8O. The van der Waals surface area contributed by atoms with Crippen LogP contribution in [-0.4, -0.2) is 50.6 Å². The van der Waals surface area contributed by atoms with Crippen molar-refractivity contribution in [3.63, 3.8) is 0 Å². The summed E-state index contributed by atoms with van der Waals surface area (Å²) in [5.41, 5.74) is 1.17. The maximum absolute atomic E-state index is 12.8. The van der Waals surface area contributed by atoms with Gasteiger partial charge in [-0.15, -0.1) is 0 Å². The number of nitriles is 1. The minimum absolute atomic E-state index is 0.0412. The quantitative estimate of drug-likeness (QED) is 0.516. The van der Waals surface area contributed by atoms with Crippen molar-refractivity contribution in [1.82, 2.24) is 19.9 Å². The van der Waals surface area contributed by atoms with Gasteiger partial charge in [0.1, 0.15) is 28.6 Å². The third-order valence-electron chi connectivity index (χ3n) is 4.35. The summed E-state index contributed by atoms with van der Waals surface area (Å²) in [7, 11) is 0. The van der Waals surface area contributed by atoms with Crippen LogP contribution in [0.5, 0.6) is 0 Å². The summed E-state index contributed by atoms with van der Waals surface area (Å²) in [5.74, 6) is 1.22. The molecule has 9 nitrogen and oxygen atoms in total. The van der Waals surface area contributed by atoms with E-state index in [1.165, 1.54) is 12.3 Å². The van der Waals surface area contributed by atoms with Crippen molar-refractivity contribution in [1.29, 1.82) is 10.7 Å². The number of hydrogen-bond donors (Lipinski definition) is 4. The molecule has 29 heavy (non-hydrogen) atoms. The Kier molecular flexibility index (Phi) is 6.46. The third kappa shape index (κ3) is 4.92. The Bertz CT molecular complexity index is 984. The second-order valence-corrected chi connectivity index (χ2v) is 6.82. The first kappa shape index (κ1) is 20.4. The molecular weight excluding hydrogens is 392 g/mol. The first-order chi connectivity index (χ1) is 14.0. The normalized spacial score (nSPS) is 13.8. The molecule has 0 atom stereocenters. The van der Waals surface area contributed by atoms with Gasteiger partial charge in [-0.2, -0.15) is 5.26 Å². The number of nitrogens with one attached hydrogen (secondary N) is 4. The number of halogens is 1. The van der Waals surface area contributed by atoms with E-state index in [9.17, 15) is 4.79 Å². The molecule has 0 spiro atoms. The molecule has 2 aromatic heterocycles. The lowest BCUT2D eigenvalue weighted by Crippen LogP contribution is -2.28. The Morgan fingerprint density at radius 1 is 1.45 bits per heavy atom. The number of carbonyl (C=O) groups excluding carboxylic acids is 1. The third-order valence-corrected chi connectivity index (χ3v) is 4.46. The lowest BCUT2D eigenvalue weighted by Gasteiger charge is -2.18. The molecule has 0 saturated carbocycles. The second kappa shape index (κ2) is 9.21. The number of allylic oxidation sites excluding steroid dienone is 1. The Morgan fingerprint density at radius 2 is 2.21 bits per heavy atom. The van der Waals surface area contributed by atoms with Crippen molar-refractivity contribution in [2.75, 3.05) is 30.3 Å². The number of pyridine rings is 1. The van der Waals surface area contributed by atoms with Crippen molar-refractivity contribution >= 4 is 40.0 Å². The van der Waals surface area contributed by atoms with Gasteiger partial charge in [0.05, 0.1) is 17.5 Å². The summed E-state index contributed by atoms with van der Waals surface area (Å²) in [6.45, 7) is 4.05. The van der Waals surface area contributed by atoms with Gasteiger partial charge in [0.25, 0.3) is 5.91 Å². The summed E-state index contributed by atoms with van der Waals surface area (Å²) in [6.07, 6.45) is 4.78. The van der Waals surface area contributed by atoms with Gasteiger partial charge >= 0.3 is 0 Å². The molecule has 4 N–H and O–H groups in total. The molecule has 3 heterocycles. The molecule has 3 rings (SSSR count). The number of aromatic nitrogens is 3. The van der Waals surface area contributed by atoms with Gasteiger partial charge in [0.15, 0.2) is 5.82 Å². The summed E-state index contributed by atoms with van der Waals surface area (Å²) in [5, 5.41) is 22.5. The smallest absolute Gasteiger partial charge is 0.257 e. The van der Waals surface area contributed by atoms with Crippen LogP contribution in [0.4, 0.5) is 11.6 Å². The van der Waals surface area contributed by atoms with Gasteiger partial charge in [-0.05, 0) is 31.9 Å². The van der Waals surface area contributed by atoms with Crippen LogP contribution in [0.25, 0.3) is 5.70 Å². The first-order valence-corrected chi connectivity index (χ1v) is 9.62. The highest BCUT2D eigenvalue weighted by molar-refractivity contribution is 6.68. The van der Waals surface area contributed by atoms with E-state index in [1.807, 2.05) is 17.9 Å². The maximum Gasteiger partial charge on any atom is 0.257 e. The zero-order valence-corrected chi connectivity index (χ0v) is 16.7. The van der Waals surface area contributed by atoms with Gasteiger partial charge in [-0.1, -0.05) is 11.6 Å². The van der Waals surface area contributed by atoms with Crippen molar-refractivity contribution in [3.05, 3.63) is 41.5 Å². The Labute approximate surface area is 173 Å². The van der Waals surface area contributed by atoms with Crippen molar-refractivity contribution < 1.29 is 4.79 Å². The highest BCUT2D eigenvalue weighted by Crippen LogP contribution is 2.23. The molecule has 0 aliphatic carbocycles. The van der Waals surface area contributed by atoms with Crippen LogP contribution in [0.3, 0.4) is 0 Å². The van der Waals surface area contributed by atoms with E-state index in [2.05, 4.69) is 25.6 Å². The number of H-pyrrole nitrogens is 1. The number of anilines is 2. The van der Waals surface area contributed by atoms with Crippen LogP contribution in [0, 0.1) is 16.7 Å². The molecule has 0 unspecified atom stereocenters. The lowest BCUT2D eigenvalue weighted by atomic mass is 10.2. The van der Waals surface area contributed by atoms with Crippen LogP contribution in [0.15, 0.2) is 24.4 Å². The highest BCUT2D eigenvalue weighted by atomic mass is 35.5. The maximum atomic E-state index is 12.8. The molecule has 150 valence electrons. The van der Waals surface area contributed by atoms with Crippen molar-refractivity contribution in [2.24, 2.45) is 0 Å². The van der Waals surface area contributed by atoms with E-state index in [4.69, 9.17) is 22.3 Å². The first-order valence-electron chi connectivity index (χ1n) is 9.24. The van der Waals surface area contributed by atoms with Gasteiger partial charge in [0, 0.05) is 25.7 Å². The molecule has 2 aromatic rings. The Balaban J connectivity index is 1.90. The van der Waals surface area contributed by atoms with Gasteiger partial charge in [0.2, 0.25) is 0 Å². The number of nitrogens with zero attached hydrogens (tertiary/aromatic N) is 4. The number of likely N-dealkylation sites (tertiary alicyclic amines) is 1. The summed E-state index contributed by atoms with van der Waals surface area (Å²) in [6, 6.07) is 5.37. The number of rotatable bonds is 7. The molecule has 1 saturated heterocycles. The van der Waals surface area contributed by atoms with E-state index in [0.717, 1.165) is 25.9 Å². The number of amides is 1. The van der Waals surface area contributed by atoms with Crippen LogP contribution in [0.2, 0.25) is 0 Å². The highest BCUT2D eigenvalue weighted by Gasteiger charge is 2.23. The number of aromatic amines is 1. The van der Waals surface area contributed by atoms with E-state index >= 15 is 0 Å². The van der Waals surface area contributed by atoms with Crippen molar-refractivity contribution in [2.45, 2.75) is 19.8 Å². The van der Waals surface area contributed by atoms with Gasteiger partial charge in [-0.3, -0.25) is 10.2 Å². The monoisotopic (exact) mass is 412 g/mol. The summed E-state index contributed by atoms with van der Waals surface area (Å²) >= 11 is 5.73. The largest absolute Gasteiger partial charge is 0.370 e. The molecule has 0 bridgehead atoms. The number of carbonyl (C=O) groups is 1. The van der Waals surface area contributed by atoms with E-state index in [0.29, 0.717) is 35.3 Å². The Hall–Kier alpha value is -3.38. The predicted molar refractivity (Wildman–Crippen MR) is 112 cm³/mol. The summed E-state index contributed by atoms with van der Waals surface area (Å²) in [4.78, 5) is 26.1. The fourth-order valence-corrected chi connectivity index (χ4v) is 3.15. The average molecular weight is 413 g/mol. The van der Waals surface area contributed by atoms with E-state index < -0.39 is 0 Å². The fraction of sp³-hybridized carbons (Fsp3) is 0.316. The second-order valence-electron chi connectivity index (χ2n) is 6.41. The topological polar surface area (TPSA) is 134 Å². The van der Waals surface area contributed by atoms with Gasteiger partial charge < -0.3 is 20.5 Å². The van der Waals surface area contributed by atoms with Crippen molar-refractivity contribution in [3.8, 4) is 6.07 Å². The van der Waals surface area contributed by atoms with E-state index in [1.54, 1.807) is 12.1 Å². The lowest BCUT2D eigenvalue weighted by molar-refractivity contribution is 0.0793. The van der Waals surface area contributed by atoms with Crippen LogP contribution in [-0.2, 0) is 0 Å². The van der Waals surface area contributed by atoms with Crippen LogP contribution >= 0.6 is 11.6 Å². The van der Waals surface area contributed by atoms with Gasteiger partial charge in [-0.25, -0.2) is 9.97 Å². The van der Waals surface area contributed by atoms with E-state index in [-0.39, 0.29) is 16.8 Å². The fourth-order valence-electron chi connectivity index (χ4n) is 3.04. The molecule has 1 aliphatic heterocycles. The zero-order chi connectivity index (χ0) is 20.8. The standard InChI is InChI=1S/C19H21ClN8O/c1-2-23-17-13(19(29)28-7-3-4-8-28)5-6-16(27-17)26-14(9-15(20)22)18-24-11-12(10-21)25-18/h5-6,9,11,22H,2-4,7-8H2,1H3,(H,24,25)(H2,23,26,27)/b14-9+,22-15?. The predicted octanol–water partition coefficient (Wildman–Crippen LogP) is 3.01. The average Bonchev–Trinajstić information content (AvgIpc) is 3.39. The number of imidazole rings is 1. The summed E-state index contributed by atoms with van der Waals surface area (Å²) < 4.78 is 0. The molecule has 0 radical (unpaired) electrons. The molecule has 1 aliphatic rings. The molecule has 1 amide bonds. The SMILES string of the molecule is CCNc1nc(N/C(=C/C(=N)Cl)c2ncc(C#N)[nH]2)ccc1C(=O)N1CCCC1. The molecule has 1 fully saturated rings. The van der Waals surface area contributed by atoms with Crippen LogP contribution in [0.1, 0.15) is 41.6 Å².